The lowest BCUT2D eigenvalue weighted by molar-refractivity contribution is 0.0641. The Balaban J connectivity index is 1.96. The van der Waals surface area contributed by atoms with E-state index >= 15 is 0 Å². The van der Waals surface area contributed by atoms with E-state index < -0.39 is 0 Å². The van der Waals surface area contributed by atoms with Gasteiger partial charge in [-0.05, 0) is 30.3 Å². The van der Waals surface area contributed by atoms with Crippen LogP contribution in [0.25, 0.3) is 0 Å². The molecule has 0 aromatic heterocycles. The minimum atomic E-state index is -0.294. The molecule has 0 unspecified atom stereocenters. The lowest BCUT2D eigenvalue weighted by Gasteiger charge is -2.16. The van der Waals surface area contributed by atoms with Crippen LogP contribution >= 0.6 is 11.6 Å². The molecule has 1 aliphatic rings. The molecule has 0 atom stereocenters. The Kier molecular flexibility index (Phi) is 3.39. The highest BCUT2D eigenvalue weighted by Crippen LogP contribution is 2.28. The van der Waals surface area contributed by atoms with Gasteiger partial charge >= 0.3 is 0 Å². The van der Waals surface area contributed by atoms with Crippen molar-refractivity contribution in [3.05, 3.63) is 64.2 Å². The summed E-state index contributed by atoms with van der Waals surface area (Å²) in [6.07, 6.45) is 0. The lowest BCUT2D eigenvalue weighted by Crippen LogP contribution is -2.29. The standard InChI is InChI=1S/C16H12ClNO3/c1-21-14-7-6-11(17)8-10(14)9-18-15(19)12-4-2-3-5-13(12)16(18)20/h2-8H,9H2,1H3. The van der Waals surface area contributed by atoms with Gasteiger partial charge in [0.2, 0.25) is 0 Å². The van der Waals surface area contributed by atoms with Gasteiger partial charge in [-0.3, -0.25) is 14.5 Å². The van der Waals surface area contributed by atoms with E-state index in [0.29, 0.717) is 27.5 Å². The Bertz CT molecular complexity index is 707. The van der Waals surface area contributed by atoms with E-state index in [-0.39, 0.29) is 18.4 Å². The molecule has 5 heteroatoms. The van der Waals surface area contributed by atoms with Gasteiger partial charge in [0.15, 0.2) is 0 Å². The molecule has 0 aliphatic carbocycles. The van der Waals surface area contributed by atoms with E-state index in [9.17, 15) is 9.59 Å². The Morgan fingerprint density at radius 3 is 2.24 bits per heavy atom. The summed E-state index contributed by atoms with van der Waals surface area (Å²) in [5.74, 6) is 0.00575. The molecule has 2 amide bonds. The number of imide groups is 1. The van der Waals surface area contributed by atoms with E-state index in [2.05, 4.69) is 0 Å². The summed E-state index contributed by atoms with van der Waals surface area (Å²) in [7, 11) is 1.54. The average Bonchev–Trinajstić information content (AvgIpc) is 2.73. The summed E-state index contributed by atoms with van der Waals surface area (Å²) >= 11 is 5.98. The third-order valence-corrected chi connectivity index (χ3v) is 3.68. The number of methoxy groups -OCH3 is 1. The molecular formula is C16H12ClNO3. The first-order chi connectivity index (χ1) is 10.1. The maximum Gasteiger partial charge on any atom is 0.261 e. The third kappa shape index (κ3) is 2.28. The molecular weight excluding hydrogens is 290 g/mol. The fourth-order valence-corrected chi connectivity index (χ4v) is 2.62. The molecule has 3 rings (SSSR count). The van der Waals surface area contributed by atoms with Crippen molar-refractivity contribution in [2.24, 2.45) is 0 Å². The molecule has 1 heterocycles. The minimum absolute atomic E-state index is 0.135. The molecule has 0 radical (unpaired) electrons. The van der Waals surface area contributed by atoms with E-state index in [1.54, 1.807) is 42.5 Å². The number of benzene rings is 2. The number of rotatable bonds is 3. The van der Waals surface area contributed by atoms with Crippen LogP contribution in [0.5, 0.6) is 5.75 Å². The van der Waals surface area contributed by atoms with Gasteiger partial charge in [-0.2, -0.15) is 0 Å². The Morgan fingerprint density at radius 2 is 1.67 bits per heavy atom. The van der Waals surface area contributed by atoms with E-state index in [1.165, 1.54) is 12.0 Å². The van der Waals surface area contributed by atoms with Crippen LogP contribution in [0.15, 0.2) is 42.5 Å². The van der Waals surface area contributed by atoms with Crippen molar-refractivity contribution in [1.82, 2.24) is 4.90 Å². The zero-order chi connectivity index (χ0) is 15.0. The second kappa shape index (κ2) is 5.22. The molecule has 0 saturated heterocycles. The highest BCUT2D eigenvalue weighted by molar-refractivity contribution is 6.30. The number of carbonyl (C=O) groups excluding carboxylic acids is 2. The van der Waals surface area contributed by atoms with Gasteiger partial charge in [0, 0.05) is 10.6 Å². The second-order valence-electron chi connectivity index (χ2n) is 4.70. The van der Waals surface area contributed by atoms with Gasteiger partial charge in [0.05, 0.1) is 24.8 Å². The zero-order valence-electron chi connectivity index (χ0n) is 11.3. The SMILES string of the molecule is COc1ccc(Cl)cc1CN1C(=O)c2ccccc2C1=O. The lowest BCUT2D eigenvalue weighted by atomic mass is 10.1. The topological polar surface area (TPSA) is 46.6 Å². The number of halogens is 1. The summed E-state index contributed by atoms with van der Waals surface area (Å²) in [4.78, 5) is 25.9. The number of hydrogen-bond donors (Lipinski definition) is 0. The number of carbonyl (C=O) groups is 2. The van der Waals surface area contributed by atoms with Crippen molar-refractivity contribution >= 4 is 23.4 Å². The Labute approximate surface area is 126 Å². The van der Waals surface area contributed by atoms with E-state index in [0.717, 1.165) is 0 Å². The van der Waals surface area contributed by atoms with Crippen LogP contribution in [0.3, 0.4) is 0 Å². The third-order valence-electron chi connectivity index (χ3n) is 3.45. The average molecular weight is 302 g/mol. The van der Waals surface area contributed by atoms with Gasteiger partial charge in [-0.1, -0.05) is 23.7 Å². The fourth-order valence-electron chi connectivity index (χ4n) is 2.42. The minimum Gasteiger partial charge on any atom is -0.496 e. The molecule has 4 nitrogen and oxygen atoms in total. The van der Waals surface area contributed by atoms with Crippen LogP contribution in [-0.2, 0) is 6.54 Å². The number of nitrogens with zero attached hydrogens (tertiary/aromatic N) is 1. The first kappa shape index (κ1) is 13.6. The van der Waals surface area contributed by atoms with Gasteiger partial charge < -0.3 is 4.74 Å². The monoisotopic (exact) mass is 301 g/mol. The smallest absolute Gasteiger partial charge is 0.261 e. The molecule has 0 fully saturated rings. The summed E-state index contributed by atoms with van der Waals surface area (Å²) in [5, 5.41) is 0.530. The van der Waals surface area contributed by atoms with Crippen LogP contribution in [0.1, 0.15) is 26.3 Å². The van der Waals surface area contributed by atoms with Crippen molar-refractivity contribution in [1.29, 1.82) is 0 Å². The van der Waals surface area contributed by atoms with E-state index in [1.807, 2.05) is 0 Å². The zero-order valence-corrected chi connectivity index (χ0v) is 12.1. The van der Waals surface area contributed by atoms with Gasteiger partial charge in [-0.25, -0.2) is 0 Å². The molecule has 0 spiro atoms. The first-order valence-electron chi connectivity index (χ1n) is 6.39. The van der Waals surface area contributed by atoms with Crippen LogP contribution in [0.4, 0.5) is 0 Å². The fraction of sp³-hybridized carbons (Fsp3) is 0.125. The van der Waals surface area contributed by atoms with Crippen LogP contribution in [-0.4, -0.2) is 23.8 Å². The summed E-state index contributed by atoms with van der Waals surface area (Å²) in [6, 6.07) is 11.9. The number of amides is 2. The normalized spacial score (nSPS) is 13.5. The summed E-state index contributed by atoms with van der Waals surface area (Å²) < 4.78 is 5.25. The first-order valence-corrected chi connectivity index (χ1v) is 6.77. The number of fused-ring (bicyclic) bond motifs is 1. The maximum absolute atomic E-state index is 12.3. The van der Waals surface area contributed by atoms with Gasteiger partial charge in [0.1, 0.15) is 5.75 Å². The molecule has 0 N–H and O–H groups in total. The quantitative estimate of drug-likeness (QED) is 0.818. The van der Waals surface area contributed by atoms with Crippen LogP contribution < -0.4 is 4.74 Å². The molecule has 21 heavy (non-hydrogen) atoms. The molecule has 2 aromatic rings. The van der Waals surface area contributed by atoms with Crippen molar-refractivity contribution in [2.75, 3.05) is 7.11 Å². The Morgan fingerprint density at radius 1 is 1.05 bits per heavy atom. The van der Waals surface area contributed by atoms with Crippen molar-refractivity contribution in [2.45, 2.75) is 6.54 Å². The molecule has 106 valence electrons. The van der Waals surface area contributed by atoms with Crippen LogP contribution in [0, 0.1) is 0 Å². The van der Waals surface area contributed by atoms with Crippen LogP contribution in [0.2, 0.25) is 5.02 Å². The summed E-state index contributed by atoms with van der Waals surface area (Å²) in [6.45, 7) is 0.135. The number of ether oxygens (including phenoxy) is 1. The highest BCUT2D eigenvalue weighted by atomic mass is 35.5. The molecule has 1 aliphatic heterocycles. The van der Waals surface area contributed by atoms with E-state index in [4.69, 9.17) is 16.3 Å². The Hall–Kier alpha value is -2.33. The van der Waals surface area contributed by atoms with Crippen molar-refractivity contribution in [3.63, 3.8) is 0 Å². The number of hydrogen-bond acceptors (Lipinski definition) is 3. The molecule has 0 saturated carbocycles. The predicted octanol–water partition coefficient (Wildman–Crippen LogP) is 3.14. The molecule has 0 bridgehead atoms. The largest absolute Gasteiger partial charge is 0.496 e. The van der Waals surface area contributed by atoms with Crippen molar-refractivity contribution < 1.29 is 14.3 Å². The highest BCUT2D eigenvalue weighted by Gasteiger charge is 2.35. The van der Waals surface area contributed by atoms with Gasteiger partial charge in [0.25, 0.3) is 11.8 Å². The van der Waals surface area contributed by atoms with Crippen molar-refractivity contribution in [3.8, 4) is 5.75 Å². The summed E-state index contributed by atoms with van der Waals surface area (Å²) in [5.41, 5.74) is 1.56. The predicted molar refractivity (Wildman–Crippen MR) is 78.7 cm³/mol. The van der Waals surface area contributed by atoms with Gasteiger partial charge in [-0.15, -0.1) is 0 Å². The molecule has 2 aromatic carbocycles. The second-order valence-corrected chi connectivity index (χ2v) is 5.13. The maximum atomic E-state index is 12.3.